The van der Waals surface area contributed by atoms with E-state index in [4.69, 9.17) is 0 Å². The van der Waals surface area contributed by atoms with Crippen molar-refractivity contribution in [1.29, 1.82) is 0 Å². The van der Waals surface area contributed by atoms with Gasteiger partial charge in [-0.05, 0) is 18.1 Å². The average molecular weight is 304 g/mol. The summed E-state index contributed by atoms with van der Waals surface area (Å²) < 4.78 is 65.9. The van der Waals surface area contributed by atoms with Crippen molar-refractivity contribution in [3.05, 3.63) is 64.5 Å². The average Bonchev–Trinajstić information content (AvgIpc) is 2.45. The monoisotopic (exact) mass is 304 g/mol. The third kappa shape index (κ3) is 2.65. The molecule has 0 amide bonds. The molecule has 0 bridgehead atoms. The Balaban J connectivity index is 2.33. The molecular weight excluding hydrogens is 295 g/mol. The number of thioether (sulfide) groups is 1. The molecule has 6 heteroatoms. The van der Waals surface area contributed by atoms with Crippen LogP contribution in [-0.2, 0) is 5.75 Å². The van der Waals surface area contributed by atoms with Crippen LogP contribution in [0, 0.1) is 36.0 Å². The Kier molecular flexibility index (Phi) is 4.32. The van der Waals surface area contributed by atoms with Gasteiger partial charge in [0, 0.05) is 5.75 Å². The molecular formula is C14H9F5S. The van der Waals surface area contributed by atoms with E-state index in [1.165, 1.54) is 0 Å². The Labute approximate surface area is 116 Å². The van der Waals surface area contributed by atoms with Gasteiger partial charge in [-0.2, -0.15) is 0 Å². The first-order valence-corrected chi connectivity index (χ1v) is 6.60. The summed E-state index contributed by atoms with van der Waals surface area (Å²) >= 11 is 0.581. The minimum absolute atomic E-state index is 0.116. The molecule has 0 saturated carbocycles. The summed E-state index contributed by atoms with van der Waals surface area (Å²) in [5, 5.41) is 0. The fourth-order valence-electron chi connectivity index (χ4n) is 1.63. The maximum atomic E-state index is 13.5. The lowest BCUT2D eigenvalue weighted by molar-refractivity contribution is 0.361. The highest BCUT2D eigenvalue weighted by atomic mass is 32.2. The summed E-state index contributed by atoms with van der Waals surface area (Å²) in [5.74, 6) is -9.45. The van der Waals surface area contributed by atoms with E-state index in [2.05, 4.69) is 0 Å². The Morgan fingerprint density at radius 1 is 0.800 bits per heavy atom. The fraction of sp³-hybridized carbons (Fsp3) is 0.143. The van der Waals surface area contributed by atoms with E-state index in [0.29, 0.717) is 11.8 Å². The Bertz CT molecular complexity index is 625. The van der Waals surface area contributed by atoms with Crippen LogP contribution in [0.1, 0.15) is 11.1 Å². The predicted octanol–water partition coefficient (Wildman–Crippen LogP) is 4.98. The van der Waals surface area contributed by atoms with E-state index in [0.717, 1.165) is 11.1 Å². The van der Waals surface area contributed by atoms with Crippen molar-refractivity contribution in [2.45, 2.75) is 17.6 Å². The van der Waals surface area contributed by atoms with Crippen molar-refractivity contribution in [3.8, 4) is 0 Å². The molecule has 0 aliphatic carbocycles. The molecule has 0 nitrogen and oxygen atoms in total. The van der Waals surface area contributed by atoms with Crippen molar-refractivity contribution < 1.29 is 22.0 Å². The second-order valence-corrected chi connectivity index (χ2v) is 5.10. The van der Waals surface area contributed by atoms with Gasteiger partial charge in [-0.1, -0.05) is 24.3 Å². The van der Waals surface area contributed by atoms with Crippen LogP contribution in [0.15, 0.2) is 29.2 Å². The first-order chi connectivity index (χ1) is 9.43. The van der Waals surface area contributed by atoms with Crippen LogP contribution in [0.3, 0.4) is 0 Å². The van der Waals surface area contributed by atoms with Crippen LogP contribution >= 0.6 is 11.8 Å². The summed E-state index contributed by atoms with van der Waals surface area (Å²) in [6.07, 6.45) is 0. The highest BCUT2D eigenvalue weighted by Crippen LogP contribution is 2.33. The number of halogens is 5. The van der Waals surface area contributed by atoms with Crippen LogP contribution in [-0.4, -0.2) is 0 Å². The molecule has 0 aliphatic heterocycles. The van der Waals surface area contributed by atoms with Crippen molar-refractivity contribution in [2.24, 2.45) is 0 Å². The van der Waals surface area contributed by atoms with E-state index in [-0.39, 0.29) is 5.75 Å². The van der Waals surface area contributed by atoms with Crippen molar-refractivity contribution in [2.75, 3.05) is 0 Å². The van der Waals surface area contributed by atoms with Gasteiger partial charge in [0.05, 0.1) is 4.90 Å². The molecule has 2 aromatic rings. The molecule has 0 aromatic heterocycles. The molecule has 0 spiro atoms. The summed E-state index contributed by atoms with van der Waals surface area (Å²) in [6.45, 7) is 1.80. The highest BCUT2D eigenvalue weighted by Gasteiger charge is 2.25. The summed E-state index contributed by atoms with van der Waals surface area (Å²) in [4.78, 5) is -0.857. The molecule has 2 aromatic carbocycles. The molecule has 2 rings (SSSR count). The lowest BCUT2D eigenvalue weighted by atomic mass is 10.1. The van der Waals surface area contributed by atoms with Crippen LogP contribution in [0.5, 0.6) is 0 Å². The SMILES string of the molecule is Cc1ccccc1CSc1c(F)c(F)c(F)c(F)c1F. The van der Waals surface area contributed by atoms with E-state index in [9.17, 15) is 22.0 Å². The summed E-state index contributed by atoms with van der Waals surface area (Å²) in [7, 11) is 0. The molecule has 0 heterocycles. The van der Waals surface area contributed by atoms with E-state index >= 15 is 0 Å². The lowest BCUT2D eigenvalue weighted by Gasteiger charge is -2.09. The third-order valence-electron chi connectivity index (χ3n) is 2.80. The maximum Gasteiger partial charge on any atom is 0.200 e. The number of aryl methyl sites for hydroxylation is 1. The van der Waals surface area contributed by atoms with Gasteiger partial charge in [0.1, 0.15) is 0 Å². The number of rotatable bonds is 3. The third-order valence-corrected chi connectivity index (χ3v) is 3.91. The minimum Gasteiger partial charge on any atom is -0.202 e. The lowest BCUT2D eigenvalue weighted by Crippen LogP contribution is -2.03. The van der Waals surface area contributed by atoms with Gasteiger partial charge < -0.3 is 0 Å². The van der Waals surface area contributed by atoms with E-state index in [1.54, 1.807) is 31.2 Å². The smallest absolute Gasteiger partial charge is 0.200 e. The van der Waals surface area contributed by atoms with Gasteiger partial charge in [0.15, 0.2) is 23.3 Å². The second kappa shape index (κ2) is 5.83. The molecule has 20 heavy (non-hydrogen) atoms. The number of hydrogen-bond acceptors (Lipinski definition) is 1. The first-order valence-electron chi connectivity index (χ1n) is 5.62. The summed E-state index contributed by atoms with van der Waals surface area (Å²) in [6, 6.07) is 7.06. The van der Waals surface area contributed by atoms with Crippen LogP contribution in [0.25, 0.3) is 0 Å². The van der Waals surface area contributed by atoms with Gasteiger partial charge in [0.25, 0.3) is 0 Å². The van der Waals surface area contributed by atoms with Crippen molar-refractivity contribution in [3.63, 3.8) is 0 Å². The number of hydrogen-bond donors (Lipinski definition) is 0. The standard InChI is InChI=1S/C14H9F5S/c1-7-4-2-3-5-8(7)6-20-14-12(18)10(16)9(15)11(17)13(14)19/h2-5H,6H2,1H3. The zero-order valence-electron chi connectivity index (χ0n) is 10.3. The number of benzene rings is 2. The molecule has 0 unspecified atom stereocenters. The Morgan fingerprint density at radius 2 is 1.30 bits per heavy atom. The van der Waals surface area contributed by atoms with E-state index in [1.807, 2.05) is 0 Å². The summed E-state index contributed by atoms with van der Waals surface area (Å²) in [5.41, 5.74) is 1.64. The maximum absolute atomic E-state index is 13.5. The zero-order valence-corrected chi connectivity index (χ0v) is 11.1. The molecule has 0 saturated heterocycles. The van der Waals surface area contributed by atoms with Crippen LogP contribution in [0.4, 0.5) is 22.0 Å². The van der Waals surface area contributed by atoms with Crippen LogP contribution < -0.4 is 0 Å². The first kappa shape index (κ1) is 14.8. The zero-order chi connectivity index (χ0) is 14.9. The van der Waals surface area contributed by atoms with Gasteiger partial charge in [-0.25, -0.2) is 22.0 Å². The molecule has 106 valence electrons. The predicted molar refractivity (Wildman–Crippen MR) is 67.0 cm³/mol. The molecule has 0 radical (unpaired) electrons. The van der Waals surface area contributed by atoms with Gasteiger partial charge in [-0.15, -0.1) is 11.8 Å². The van der Waals surface area contributed by atoms with Crippen LogP contribution in [0.2, 0.25) is 0 Å². The Morgan fingerprint density at radius 3 is 1.85 bits per heavy atom. The second-order valence-electron chi connectivity index (χ2n) is 4.11. The topological polar surface area (TPSA) is 0 Å². The fourth-order valence-corrected chi connectivity index (χ4v) is 2.69. The normalized spacial score (nSPS) is 10.9. The van der Waals surface area contributed by atoms with Gasteiger partial charge in [0.2, 0.25) is 5.82 Å². The largest absolute Gasteiger partial charge is 0.202 e. The Hall–Kier alpha value is -1.56. The van der Waals surface area contributed by atoms with Gasteiger partial charge in [-0.3, -0.25) is 0 Å². The minimum atomic E-state index is -2.14. The van der Waals surface area contributed by atoms with Crippen molar-refractivity contribution >= 4 is 11.8 Å². The molecule has 0 fully saturated rings. The molecule has 0 N–H and O–H groups in total. The van der Waals surface area contributed by atoms with E-state index < -0.39 is 34.0 Å². The molecule has 0 aliphatic rings. The van der Waals surface area contributed by atoms with Gasteiger partial charge >= 0.3 is 0 Å². The quantitative estimate of drug-likeness (QED) is 0.333. The molecule has 0 atom stereocenters. The van der Waals surface area contributed by atoms with Crippen molar-refractivity contribution in [1.82, 2.24) is 0 Å². The highest BCUT2D eigenvalue weighted by molar-refractivity contribution is 7.98.